The Hall–Kier alpha value is -14.4. The molecule has 1 aliphatic carbocycles. The van der Waals surface area contributed by atoms with Crippen LogP contribution in [0.5, 0.6) is 0 Å². The maximum atomic E-state index is 5.71. The van der Waals surface area contributed by atoms with Crippen LogP contribution in [0.25, 0.3) is 205 Å². The number of hydrogen-bond acceptors (Lipinski definition) is 3. The molecule has 7 heterocycles. The molecule has 0 fully saturated rings. The van der Waals surface area contributed by atoms with Gasteiger partial charge in [-0.3, -0.25) is 0 Å². The highest BCUT2D eigenvalue weighted by molar-refractivity contribution is 6.16. The number of aryl methyl sites for hydroxylation is 1. The quantitative estimate of drug-likeness (QED) is 0.137. The summed E-state index contributed by atoms with van der Waals surface area (Å²) in [5, 5.41) is 13.1. The number of benzene rings is 15. The number of hydrogen-bond donors (Lipinski definition) is 0. The van der Waals surface area contributed by atoms with Crippen LogP contribution >= 0.6 is 0 Å². The molecule has 0 atom stereocenters. The minimum Gasteiger partial charge on any atom is -0.309 e. The van der Waals surface area contributed by atoms with Gasteiger partial charge in [0.15, 0.2) is 17.5 Å². The van der Waals surface area contributed by atoms with Crippen molar-refractivity contribution in [3.63, 3.8) is 0 Å². The van der Waals surface area contributed by atoms with E-state index in [9.17, 15) is 0 Å². The van der Waals surface area contributed by atoms with Crippen LogP contribution in [-0.2, 0) is 6.42 Å². The Morgan fingerprint density at radius 1 is 0.213 bits per heavy atom. The second-order valence-electron chi connectivity index (χ2n) is 28.5. The van der Waals surface area contributed by atoms with Crippen molar-refractivity contribution >= 4 is 126 Å². The van der Waals surface area contributed by atoms with E-state index >= 15 is 0 Å². The fourth-order valence-electron chi connectivity index (χ4n) is 18.0. The number of fused-ring (bicyclic) bond motifs is 18. The predicted octanol–water partition coefficient (Wildman–Crippen LogP) is 24.9. The lowest BCUT2D eigenvalue weighted by Crippen LogP contribution is -2.12. The predicted molar refractivity (Wildman–Crippen MR) is 447 cm³/mol. The van der Waals surface area contributed by atoms with E-state index in [0.29, 0.717) is 17.5 Å². The van der Waals surface area contributed by atoms with Gasteiger partial charge < -0.3 is 27.4 Å². The molecule has 0 unspecified atom stereocenters. The fourth-order valence-corrected chi connectivity index (χ4v) is 18.0. The topological polar surface area (TPSA) is 68.2 Å². The van der Waals surface area contributed by atoms with Gasteiger partial charge in [0.2, 0.25) is 0 Å². The monoisotopic (exact) mass is 1380 g/mol. The summed E-state index contributed by atoms with van der Waals surface area (Å²) in [5.74, 6) is 1.71. The van der Waals surface area contributed by atoms with Crippen molar-refractivity contribution in [2.24, 2.45) is 0 Å². The Kier molecular flexibility index (Phi) is 13.1. The molecule has 0 N–H and O–H groups in total. The van der Waals surface area contributed by atoms with Gasteiger partial charge in [0.1, 0.15) is 0 Å². The van der Waals surface area contributed by atoms with Gasteiger partial charge in [-0.2, -0.15) is 0 Å². The van der Waals surface area contributed by atoms with E-state index in [4.69, 9.17) is 15.0 Å². The minimum absolute atomic E-state index is 0.553. The Labute approximate surface area is 619 Å². The summed E-state index contributed by atoms with van der Waals surface area (Å²) in [4.78, 5) is 16.8. The van der Waals surface area contributed by atoms with Crippen molar-refractivity contribution in [2.75, 3.05) is 0 Å². The number of nitrogens with zero attached hydrogens (tertiary/aromatic N) is 9. The Bertz CT molecular complexity index is 7450. The summed E-state index contributed by atoms with van der Waals surface area (Å²) in [7, 11) is 0. The molecule has 9 nitrogen and oxygen atoms in total. The molecule has 0 saturated heterocycles. The van der Waals surface area contributed by atoms with E-state index in [2.05, 4.69) is 379 Å². The largest absolute Gasteiger partial charge is 0.309 e. The third-order valence-electron chi connectivity index (χ3n) is 22.7. The van der Waals surface area contributed by atoms with Gasteiger partial charge in [0.25, 0.3) is 0 Å². The SMILES string of the molecule is C1=Cc2c(c3ccccc3n2-c2cc(-c3nc(-c4ccccc4)nc(-c4cccc(-n5c6ccccc6c6ccccc65)c4)n3)cc(-n3c4ccccc4c4ccccc43)c2-n2c3ccccc3c3cc(-c4ccc5c(c4)c4ccccc4n5-c4ccc5c(c4)c4ccccc4n5-c4ccccc4)ccc32)CC1. The van der Waals surface area contributed by atoms with E-state index in [0.717, 1.165) is 152 Å². The lowest BCUT2D eigenvalue weighted by atomic mass is 10.0. The number of para-hydroxylation sites is 9. The molecule has 1 aliphatic rings. The molecule has 9 heteroatoms. The van der Waals surface area contributed by atoms with Crippen molar-refractivity contribution in [1.29, 1.82) is 0 Å². The van der Waals surface area contributed by atoms with Gasteiger partial charge in [-0.05, 0) is 163 Å². The van der Waals surface area contributed by atoms with E-state index in [1.165, 1.54) is 54.3 Å². The van der Waals surface area contributed by atoms with Crippen LogP contribution in [0.1, 0.15) is 17.7 Å². The van der Waals surface area contributed by atoms with Crippen LogP contribution < -0.4 is 0 Å². The second-order valence-corrected chi connectivity index (χ2v) is 28.5. The lowest BCUT2D eigenvalue weighted by Gasteiger charge is -2.24. The first-order chi connectivity index (χ1) is 53.6. The normalized spacial score (nSPS) is 12.5. The number of rotatable bonds is 10. The first kappa shape index (κ1) is 60.1. The maximum absolute atomic E-state index is 5.71. The highest BCUT2D eigenvalue weighted by Gasteiger charge is 2.30. The summed E-state index contributed by atoms with van der Waals surface area (Å²) in [6.07, 6.45) is 6.57. The lowest BCUT2D eigenvalue weighted by molar-refractivity contribution is 0.958. The van der Waals surface area contributed by atoms with Crippen LogP contribution in [0.4, 0.5) is 0 Å². The molecule has 7 aromatic heterocycles. The van der Waals surface area contributed by atoms with E-state index in [1.807, 2.05) is 6.07 Å². The number of allylic oxidation sites excluding steroid dienone is 1. The third-order valence-corrected chi connectivity index (χ3v) is 22.7. The molecular formula is C99H63N9. The molecule has 22 aromatic rings. The average molecular weight is 1380 g/mol. The standard InChI is InChI=1S/C99H63N9/c1-3-26-62(27-4-1)97-100-98(65-28-25-31-68(56-65)104-82-41-16-7-32-70(82)71-33-8-17-42-83(71)104)102-99(101-97)66-59-94(106-86-45-20-9-34-72(86)73-35-10-21-46-87(73)106)96(95(60-66)107-88-47-22-11-36-74(88)75-37-12-23-48-89(75)107)108-90-49-24-15-39-77(90)80-58-64(51-54-93(80)108)63-50-53-91-79(57-63)76-38-13-19-44-85(76)105(91)69-52-55-92-81(61-69)78-40-14-18-43-84(78)103(92)67-29-5-2-6-30-67/h1-11,13-36,38-61H,12,37H2. The maximum Gasteiger partial charge on any atom is 0.164 e. The molecule has 0 bridgehead atoms. The Balaban J connectivity index is 0.766. The van der Waals surface area contributed by atoms with Crippen LogP contribution in [0.2, 0.25) is 0 Å². The summed E-state index contributed by atoms with van der Waals surface area (Å²) in [6, 6.07) is 126. The van der Waals surface area contributed by atoms with Gasteiger partial charge in [-0.25, -0.2) is 15.0 Å². The average Bonchev–Trinajstić information content (AvgIpc) is 1.54. The van der Waals surface area contributed by atoms with Crippen molar-refractivity contribution in [3.8, 4) is 79.4 Å². The summed E-state index contributed by atoms with van der Waals surface area (Å²) in [5.41, 5.74) is 26.0. The molecule has 15 aromatic carbocycles. The number of aromatic nitrogens is 9. The molecule has 0 aliphatic heterocycles. The molecule has 23 rings (SSSR count). The molecule has 504 valence electrons. The summed E-state index contributed by atoms with van der Waals surface area (Å²) in [6.45, 7) is 0. The highest BCUT2D eigenvalue weighted by atomic mass is 15.1. The van der Waals surface area contributed by atoms with Crippen molar-refractivity contribution in [1.82, 2.24) is 42.4 Å². The molecule has 0 radical (unpaired) electrons. The van der Waals surface area contributed by atoms with Gasteiger partial charge >= 0.3 is 0 Å². The fraction of sp³-hybridized carbons (Fsp3) is 0.0202. The van der Waals surface area contributed by atoms with Gasteiger partial charge in [-0.15, -0.1) is 0 Å². The zero-order chi connectivity index (χ0) is 70.7. The van der Waals surface area contributed by atoms with Gasteiger partial charge in [0.05, 0.1) is 77.7 Å². The zero-order valence-corrected chi connectivity index (χ0v) is 58.5. The van der Waals surface area contributed by atoms with Crippen LogP contribution in [0.15, 0.2) is 352 Å². The van der Waals surface area contributed by atoms with Crippen LogP contribution in [-0.4, -0.2) is 42.4 Å². The minimum atomic E-state index is 0.553. The van der Waals surface area contributed by atoms with Crippen LogP contribution in [0, 0.1) is 0 Å². The van der Waals surface area contributed by atoms with E-state index in [1.54, 1.807) is 0 Å². The van der Waals surface area contributed by atoms with Crippen molar-refractivity contribution in [2.45, 2.75) is 12.8 Å². The zero-order valence-electron chi connectivity index (χ0n) is 58.5. The highest BCUT2D eigenvalue weighted by Crippen LogP contribution is 2.48. The second kappa shape index (κ2) is 23.6. The Morgan fingerprint density at radius 2 is 0.565 bits per heavy atom. The third kappa shape index (κ3) is 8.96. The van der Waals surface area contributed by atoms with Gasteiger partial charge in [-0.1, -0.05) is 224 Å². The van der Waals surface area contributed by atoms with E-state index < -0.39 is 0 Å². The molecule has 0 amide bonds. The molecular weight excluding hydrogens is 1320 g/mol. The molecule has 108 heavy (non-hydrogen) atoms. The van der Waals surface area contributed by atoms with Crippen LogP contribution in [0.3, 0.4) is 0 Å². The van der Waals surface area contributed by atoms with Crippen molar-refractivity contribution < 1.29 is 0 Å². The Morgan fingerprint density at radius 3 is 1.09 bits per heavy atom. The van der Waals surface area contributed by atoms with E-state index in [-0.39, 0.29) is 0 Å². The summed E-state index contributed by atoms with van der Waals surface area (Å²) >= 11 is 0. The first-order valence-electron chi connectivity index (χ1n) is 37.1. The molecule has 0 spiro atoms. The van der Waals surface area contributed by atoms with Gasteiger partial charge in [0, 0.05) is 98.7 Å². The van der Waals surface area contributed by atoms with Crippen molar-refractivity contribution in [3.05, 3.63) is 363 Å². The smallest absolute Gasteiger partial charge is 0.164 e. The first-order valence-corrected chi connectivity index (χ1v) is 37.1. The molecule has 0 saturated carbocycles. The summed E-state index contributed by atoms with van der Waals surface area (Å²) < 4.78 is 14.8.